The van der Waals surface area contributed by atoms with Gasteiger partial charge in [0.25, 0.3) is 11.7 Å². The Balaban J connectivity index is 2.16. The third-order valence-corrected chi connectivity index (χ3v) is 4.94. The highest BCUT2D eigenvalue weighted by atomic mass is 19.1. The van der Waals surface area contributed by atoms with Crippen molar-refractivity contribution in [1.29, 1.82) is 0 Å². The summed E-state index contributed by atoms with van der Waals surface area (Å²) in [7, 11) is 4.98. The molecule has 0 aliphatic carbocycles. The SMILES string of the molecule is COc1ccc(/C(O)=C2\C(=O)C(=O)N(CCN(C)C)C2c2cccc(O)c2)cc1F. The number of hydrogen-bond acceptors (Lipinski definition) is 6. The number of ether oxygens (including phenoxy) is 1. The van der Waals surface area contributed by atoms with Crippen LogP contribution in [-0.2, 0) is 9.59 Å². The van der Waals surface area contributed by atoms with E-state index in [9.17, 15) is 24.2 Å². The lowest BCUT2D eigenvalue weighted by molar-refractivity contribution is -0.140. The summed E-state index contributed by atoms with van der Waals surface area (Å²) in [6, 6.07) is 9.00. The molecule has 30 heavy (non-hydrogen) atoms. The zero-order valence-corrected chi connectivity index (χ0v) is 16.9. The lowest BCUT2D eigenvalue weighted by atomic mass is 9.95. The van der Waals surface area contributed by atoms with Crippen LogP contribution in [0.4, 0.5) is 4.39 Å². The molecule has 1 aliphatic heterocycles. The second kappa shape index (κ2) is 8.54. The number of nitrogens with zero attached hydrogens (tertiary/aromatic N) is 2. The summed E-state index contributed by atoms with van der Waals surface area (Å²) in [4.78, 5) is 28.8. The number of hydrogen-bond donors (Lipinski definition) is 2. The van der Waals surface area contributed by atoms with Gasteiger partial charge in [-0.2, -0.15) is 0 Å². The van der Waals surface area contributed by atoms with E-state index >= 15 is 0 Å². The first kappa shape index (κ1) is 21.3. The van der Waals surface area contributed by atoms with Crippen LogP contribution in [0.2, 0.25) is 0 Å². The van der Waals surface area contributed by atoms with Crippen molar-refractivity contribution >= 4 is 17.4 Å². The molecule has 0 aromatic heterocycles. The predicted octanol–water partition coefficient (Wildman–Crippen LogP) is 2.52. The third kappa shape index (κ3) is 3.99. The summed E-state index contributed by atoms with van der Waals surface area (Å²) in [5, 5.41) is 20.8. The van der Waals surface area contributed by atoms with Gasteiger partial charge in [0.2, 0.25) is 0 Å². The van der Waals surface area contributed by atoms with Crippen molar-refractivity contribution in [1.82, 2.24) is 9.80 Å². The maximum absolute atomic E-state index is 14.2. The van der Waals surface area contributed by atoms with Crippen LogP contribution < -0.4 is 4.74 Å². The molecule has 1 aliphatic rings. The molecule has 1 heterocycles. The van der Waals surface area contributed by atoms with Crippen molar-refractivity contribution in [2.75, 3.05) is 34.3 Å². The number of phenolic OH excluding ortho intramolecular Hbond substituents is 1. The number of Topliss-reactive ketones (excluding diaryl/α,β-unsaturated/α-hetero) is 1. The molecule has 2 aromatic carbocycles. The number of carbonyl (C=O) groups is 2. The molecule has 2 aromatic rings. The number of carbonyl (C=O) groups excluding carboxylic acids is 2. The molecule has 1 unspecified atom stereocenters. The first-order valence-electron chi connectivity index (χ1n) is 9.30. The lowest BCUT2D eigenvalue weighted by Crippen LogP contribution is -2.35. The standard InChI is InChI=1S/C22H23FN2O5/c1-24(2)9-10-25-19(13-5-4-6-15(26)11-13)18(21(28)22(25)29)20(27)14-7-8-17(30-3)16(23)12-14/h4-8,11-12,19,26-27H,9-10H2,1-3H3/b20-18+. The van der Waals surface area contributed by atoms with E-state index in [0.29, 0.717) is 12.1 Å². The van der Waals surface area contributed by atoms with Crippen LogP contribution >= 0.6 is 0 Å². The van der Waals surface area contributed by atoms with E-state index in [1.807, 2.05) is 19.0 Å². The molecule has 3 rings (SSSR count). The summed E-state index contributed by atoms with van der Waals surface area (Å²) < 4.78 is 19.1. The van der Waals surface area contributed by atoms with E-state index in [-0.39, 0.29) is 29.2 Å². The molecule has 158 valence electrons. The van der Waals surface area contributed by atoms with Crippen molar-refractivity contribution in [2.24, 2.45) is 0 Å². The van der Waals surface area contributed by atoms with Crippen molar-refractivity contribution < 1.29 is 28.9 Å². The normalized spacial score (nSPS) is 18.3. The molecule has 1 fully saturated rings. The number of methoxy groups -OCH3 is 1. The highest BCUT2D eigenvalue weighted by Crippen LogP contribution is 2.40. The van der Waals surface area contributed by atoms with Crippen LogP contribution in [-0.4, -0.2) is 66.0 Å². The van der Waals surface area contributed by atoms with Crippen molar-refractivity contribution in [3.8, 4) is 11.5 Å². The summed E-state index contributed by atoms with van der Waals surface area (Å²) in [5.74, 6) is -2.88. The molecule has 1 atom stereocenters. The molecule has 0 bridgehead atoms. The highest BCUT2D eigenvalue weighted by Gasteiger charge is 2.46. The average molecular weight is 414 g/mol. The summed E-state index contributed by atoms with van der Waals surface area (Å²) in [6.07, 6.45) is 0. The van der Waals surface area contributed by atoms with E-state index in [1.165, 1.54) is 36.3 Å². The number of halogens is 1. The first-order chi connectivity index (χ1) is 14.2. The van der Waals surface area contributed by atoms with Gasteiger partial charge in [-0.05, 0) is 50.0 Å². The fourth-order valence-corrected chi connectivity index (χ4v) is 3.43. The van der Waals surface area contributed by atoms with Gasteiger partial charge in [0.1, 0.15) is 11.5 Å². The Morgan fingerprint density at radius 1 is 1.20 bits per heavy atom. The Kier molecular flexibility index (Phi) is 6.07. The van der Waals surface area contributed by atoms with Gasteiger partial charge in [-0.1, -0.05) is 12.1 Å². The Bertz CT molecular complexity index is 1020. The zero-order valence-electron chi connectivity index (χ0n) is 16.9. The van der Waals surface area contributed by atoms with Crippen molar-refractivity contribution in [2.45, 2.75) is 6.04 Å². The number of likely N-dealkylation sites (tertiary alicyclic amines) is 1. The van der Waals surface area contributed by atoms with Gasteiger partial charge in [0.05, 0.1) is 18.7 Å². The number of aromatic hydroxyl groups is 1. The van der Waals surface area contributed by atoms with Crippen LogP contribution in [0.1, 0.15) is 17.2 Å². The smallest absolute Gasteiger partial charge is 0.295 e. The number of ketones is 1. The number of amides is 1. The van der Waals surface area contributed by atoms with E-state index in [2.05, 4.69) is 0 Å². The molecular weight excluding hydrogens is 391 g/mol. The van der Waals surface area contributed by atoms with E-state index in [1.54, 1.807) is 12.1 Å². The van der Waals surface area contributed by atoms with E-state index < -0.39 is 29.3 Å². The number of aliphatic hydroxyl groups excluding tert-OH is 1. The number of aliphatic hydroxyl groups is 1. The van der Waals surface area contributed by atoms with Gasteiger partial charge in [0.15, 0.2) is 11.6 Å². The molecule has 2 N–H and O–H groups in total. The molecule has 8 heteroatoms. The fourth-order valence-electron chi connectivity index (χ4n) is 3.43. The van der Waals surface area contributed by atoms with Crippen LogP contribution in [0, 0.1) is 5.82 Å². The van der Waals surface area contributed by atoms with Gasteiger partial charge in [-0.15, -0.1) is 0 Å². The number of rotatable bonds is 6. The molecule has 7 nitrogen and oxygen atoms in total. The molecule has 1 saturated heterocycles. The molecule has 0 radical (unpaired) electrons. The molecule has 0 saturated carbocycles. The largest absolute Gasteiger partial charge is 0.508 e. The summed E-state index contributed by atoms with van der Waals surface area (Å²) in [5.41, 5.74) is 0.349. The maximum atomic E-state index is 14.2. The van der Waals surface area contributed by atoms with Crippen molar-refractivity contribution in [3.63, 3.8) is 0 Å². The fraction of sp³-hybridized carbons (Fsp3) is 0.273. The quantitative estimate of drug-likeness (QED) is 0.429. The third-order valence-electron chi connectivity index (χ3n) is 4.94. The lowest BCUT2D eigenvalue weighted by Gasteiger charge is -2.26. The second-order valence-corrected chi connectivity index (χ2v) is 7.24. The Morgan fingerprint density at radius 2 is 1.93 bits per heavy atom. The van der Waals surface area contributed by atoms with Crippen LogP contribution in [0.3, 0.4) is 0 Å². The first-order valence-corrected chi connectivity index (χ1v) is 9.30. The minimum Gasteiger partial charge on any atom is -0.508 e. The van der Waals surface area contributed by atoms with E-state index in [4.69, 9.17) is 4.74 Å². The van der Waals surface area contributed by atoms with Gasteiger partial charge < -0.3 is 24.7 Å². The van der Waals surface area contributed by atoms with Gasteiger partial charge in [-0.3, -0.25) is 9.59 Å². The minimum atomic E-state index is -0.915. The number of likely N-dealkylation sites (N-methyl/N-ethyl adjacent to an activating group) is 1. The van der Waals surface area contributed by atoms with Crippen LogP contribution in [0.15, 0.2) is 48.0 Å². The predicted molar refractivity (Wildman–Crippen MR) is 109 cm³/mol. The Hall–Kier alpha value is -3.39. The average Bonchev–Trinajstić information content (AvgIpc) is 2.96. The molecule has 0 spiro atoms. The van der Waals surface area contributed by atoms with Gasteiger partial charge in [-0.25, -0.2) is 4.39 Å². The van der Waals surface area contributed by atoms with Crippen LogP contribution in [0.25, 0.3) is 5.76 Å². The van der Waals surface area contributed by atoms with E-state index in [0.717, 1.165) is 6.07 Å². The van der Waals surface area contributed by atoms with Crippen molar-refractivity contribution in [3.05, 3.63) is 65.0 Å². The monoisotopic (exact) mass is 414 g/mol. The summed E-state index contributed by atoms with van der Waals surface area (Å²) in [6.45, 7) is 0.713. The minimum absolute atomic E-state index is 0.0116. The zero-order chi connectivity index (χ0) is 22.0. The van der Waals surface area contributed by atoms with Gasteiger partial charge >= 0.3 is 0 Å². The molecule has 1 amide bonds. The van der Waals surface area contributed by atoms with Crippen LogP contribution in [0.5, 0.6) is 11.5 Å². The second-order valence-electron chi connectivity index (χ2n) is 7.24. The highest BCUT2D eigenvalue weighted by molar-refractivity contribution is 6.46. The Labute approximate surface area is 173 Å². The maximum Gasteiger partial charge on any atom is 0.295 e. The number of phenols is 1. The Morgan fingerprint density at radius 3 is 2.53 bits per heavy atom. The molecular formula is C22H23FN2O5. The summed E-state index contributed by atoms with van der Waals surface area (Å²) >= 11 is 0. The van der Waals surface area contributed by atoms with Gasteiger partial charge in [0, 0.05) is 18.7 Å². The number of benzene rings is 2. The topological polar surface area (TPSA) is 90.3 Å².